The average molecular weight is 351 g/mol. The van der Waals surface area contributed by atoms with Crippen molar-refractivity contribution < 1.29 is 9.47 Å². The normalized spacial score (nSPS) is 11.0. The van der Waals surface area contributed by atoms with E-state index in [-0.39, 0.29) is 0 Å². The summed E-state index contributed by atoms with van der Waals surface area (Å²) in [6.07, 6.45) is 2.89. The molecule has 0 saturated heterocycles. The molecule has 0 aliphatic heterocycles. The maximum Gasteiger partial charge on any atom is 0.125 e. The van der Waals surface area contributed by atoms with Crippen LogP contribution in [0.1, 0.15) is 13.3 Å². The molecule has 0 amide bonds. The standard InChI is InChI=1S/C21H25N3O2/c1-2-12-25-14-15-26-13-11-22-21-10-8-18(16-23-21)20-9-7-17-5-3-4-6-19(17)24-20/h3-10,16H,2,11-15H2,1H3,(H,22,23). The number of fused-ring (bicyclic) bond motifs is 1. The molecule has 2 aromatic heterocycles. The highest BCUT2D eigenvalue weighted by Crippen LogP contribution is 2.21. The summed E-state index contributed by atoms with van der Waals surface area (Å²) in [6.45, 7) is 5.52. The number of pyridine rings is 2. The molecule has 0 aliphatic carbocycles. The maximum atomic E-state index is 5.51. The number of hydrogen-bond donors (Lipinski definition) is 1. The molecule has 0 unspecified atom stereocenters. The van der Waals surface area contributed by atoms with Crippen molar-refractivity contribution in [2.45, 2.75) is 13.3 Å². The molecule has 5 nitrogen and oxygen atoms in total. The third-order valence-corrected chi connectivity index (χ3v) is 3.93. The van der Waals surface area contributed by atoms with Crippen LogP contribution < -0.4 is 5.32 Å². The second-order valence-electron chi connectivity index (χ2n) is 5.97. The van der Waals surface area contributed by atoms with E-state index >= 15 is 0 Å². The summed E-state index contributed by atoms with van der Waals surface area (Å²) in [6, 6.07) is 16.2. The highest BCUT2D eigenvalue weighted by Gasteiger charge is 2.02. The predicted octanol–water partition coefficient (Wildman–Crippen LogP) is 4.15. The quantitative estimate of drug-likeness (QED) is 0.556. The molecule has 136 valence electrons. The highest BCUT2D eigenvalue weighted by atomic mass is 16.5. The molecule has 0 atom stereocenters. The lowest BCUT2D eigenvalue weighted by molar-refractivity contribution is 0.0519. The molecule has 0 spiro atoms. The van der Waals surface area contributed by atoms with Crippen LogP contribution in [0.3, 0.4) is 0 Å². The molecular weight excluding hydrogens is 326 g/mol. The molecule has 5 heteroatoms. The van der Waals surface area contributed by atoms with Gasteiger partial charge in [-0.25, -0.2) is 9.97 Å². The van der Waals surface area contributed by atoms with Crippen LogP contribution in [0.4, 0.5) is 5.82 Å². The molecule has 1 aromatic carbocycles. The number of rotatable bonds is 10. The van der Waals surface area contributed by atoms with Crippen LogP contribution in [-0.2, 0) is 9.47 Å². The number of ether oxygens (including phenoxy) is 2. The largest absolute Gasteiger partial charge is 0.379 e. The van der Waals surface area contributed by atoms with Crippen LogP contribution in [0.5, 0.6) is 0 Å². The van der Waals surface area contributed by atoms with E-state index in [0.29, 0.717) is 26.4 Å². The number of aromatic nitrogens is 2. The zero-order chi connectivity index (χ0) is 18.0. The fourth-order valence-electron chi connectivity index (χ4n) is 2.59. The third kappa shape index (κ3) is 5.25. The van der Waals surface area contributed by atoms with Crippen molar-refractivity contribution >= 4 is 16.7 Å². The van der Waals surface area contributed by atoms with Gasteiger partial charge in [-0.1, -0.05) is 31.2 Å². The van der Waals surface area contributed by atoms with Crippen LogP contribution in [0.2, 0.25) is 0 Å². The van der Waals surface area contributed by atoms with Crippen LogP contribution in [0, 0.1) is 0 Å². The lowest BCUT2D eigenvalue weighted by atomic mass is 10.1. The fraction of sp³-hybridized carbons (Fsp3) is 0.333. The van der Waals surface area contributed by atoms with E-state index in [1.807, 2.05) is 42.6 Å². The van der Waals surface area contributed by atoms with E-state index in [1.54, 1.807) is 0 Å². The lowest BCUT2D eigenvalue weighted by Crippen LogP contribution is -2.13. The van der Waals surface area contributed by atoms with Gasteiger partial charge in [0.05, 0.1) is 31.0 Å². The first-order chi connectivity index (χ1) is 12.9. The van der Waals surface area contributed by atoms with E-state index in [0.717, 1.165) is 41.0 Å². The molecule has 26 heavy (non-hydrogen) atoms. The summed E-state index contributed by atoms with van der Waals surface area (Å²) >= 11 is 0. The van der Waals surface area contributed by atoms with Gasteiger partial charge in [0.1, 0.15) is 5.82 Å². The van der Waals surface area contributed by atoms with Gasteiger partial charge in [-0.15, -0.1) is 0 Å². The van der Waals surface area contributed by atoms with Gasteiger partial charge in [-0.2, -0.15) is 0 Å². The van der Waals surface area contributed by atoms with Crippen molar-refractivity contribution in [3.63, 3.8) is 0 Å². The predicted molar refractivity (Wildman–Crippen MR) is 105 cm³/mol. The van der Waals surface area contributed by atoms with E-state index in [4.69, 9.17) is 14.5 Å². The topological polar surface area (TPSA) is 56.3 Å². The Labute approximate surface area is 154 Å². The molecule has 0 fully saturated rings. The summed E-state index contributed by atoms with van der Waals surface area (Å²) in [5, 5.41) is 4.40. The van der Waals surface area contributed by atoms with Gasteiger partial charge >= 0.3 is 0 Å². The number of hydrogen-bond acceptors (Lipinski definition) is 5. The van der Waals surface area contributed by atoms with E-state index < -0.39 is 0 Å². The summed E-state index contributed by atoms with van der Waals surface area (Å²) in [5.41, 5.74) is 2.93. The lowest BCUT2D eigenvalue weighted by Gasteiger charge is -2.08. The summed E-state index contributed by atoms with van der Waals surface area (Å²) in [4.78, 5) is 9.16. The van der Waals surface area contributed by atoms with Gasteiger partial charge in [-0.3, -0.25) is 0 Å². The zero-order valence-electron chi connectivity index (χ0n) is 15.1. The summed E-state index contributed by atoms with van der Waals surface area (Å²) in [7, 11) is 0. The van der Waals surface area contributed by atoms with Crippen LogP contribution in [-0.4, -0.2) is 42.9 Å². The number of benzene rings is 1. The first kappa shape index (κ1) is 18.3. The number of nitrogens with zero attached hydrogens (tertiary/aromatic N) is 2. The van der Waals surface area contributed by atoms with Crippen molar-refractivity contribution in [1.82, 2.24) is 9.97 Å². The Morgan fingerprint density at radius 2 is 1.73 bits per heavy atom. The molecular formula is C21H25N3O2. The SMILES string of the molecule is CCCOCCOCCNc1ccc(-c2ccc3ccccc3n2)cn1. The molecule has 2 heterocycles. The van der Waals surface area contributed by atoms with Crippen LogP contribution >= 0.6 is 0 Å². The van der Waals surface area contributed by atoms with Crippen molar-refractivity contribution in [2.24, 2.45) is 0 Å². The molecule has 0 bridgehead atoms. The minimum absolute atomic E-state index is 0.627. The first-order valence-electron chi connectivity index (χ1n) is 9.08. The highest BCUT2D eigenvalue weighted by molar-refractivity contribution is 5.81. The monoisotopic (exact) mass is 351 g/mol. The van der Waals surface area contributed by atoms with Gasteiger partial charge in [0.15, 0.2) is 0 Å². The van der Waals surface area contributed by atoms with Crippen molar-refractivity contribution in [3.05, 3.63) is 54.7 Å². The van der Waals surface area contributed by atoms with Crippen molar-refractivity contribution in [3.8, 4) is 11.3 Å². The molecule has 3 rings (SSSR count). The molecule has 0 aliphatic rings. The molecule has 0 radical (unpaired) electrons. The van der Waals surface area contributed by atoms with Crippen LogP contribution in [0.15, 0.2) is 54.7 Å². The van der Waals surface area contributed by atoms with E-state index in [2.05, 4.69) is 29.4 Å². The zero-order valence-corrected chi connectivity index (χ0v) is 15.1. The van der Waals surface area contributed by atoms with Gasteiger partial charge < -0.3 is 14.8 Å². The Balaban J connectivity index is 1.47. The first-order valence-corrected chi connectivity index (χ1v) is 9.08. The number of para-hydroxylation sites is 1. The van der Waals surface area contributed by atoms with Gasteiger partial charge in [0.2, 0.25) is 0 Å². The van der Waals surface area contributed by atoms with Gasteiger partial charge in [0, 0.05) is 30.3 Å². The Morgan fingerprint density at radius 3 is 2.54 bits per heavy atom. The fourth-order valence-corrected chi connectivity index (χ4v) is 2.59. The van der Waals surface area contributed by atoms with Crippen molar-refractivity contribution in [1.29, 1.82) is 0 Å². The maximum absolute atomic E-state index is 5.51. The number of nitrogens with one attached hydrogen (secondary N) is 1. The second kappa shape index (κ2) is 9.85. The Bertz CT molecular complexity index is 806. The van der Waals surface area contributed by atoms with Gasteiger partial charge in [0.25, 0.3) is 0 Å². The average Bonchev–Trinajstić information content (AvgIpc) is 2.70. The third-order valence-electron chi connectivity index (χ3n) is 3.93. The molecule has 3 aromatic rings. The minimum Gasteiger partial charge on any atom is -0.379 e. The van der Waals surface area contributed by atoms with E-state index in [9.17, 15) is 0 Å². The second-order valence-corrected chi connectivity index (χ2v) is 5.97. The Kier molecular flexibility index (Phi) is 6.93. The van der Waals surface area contributed by atoms with Gasteiger partial charge in [-0.05, 0) is 30.7 Å². The number of anilines is 1. The molecule has 0 saturated carbocycles. The minimum atomic E-state index is 0.627. The van der Waals surface area contributed by atoms with Crippen molar-refractivity contribution in [2.75, 3.05) is 38.3 Å². The van der Waals surface area contributed by atoms with E-state index in [1.165, 1.54) is 0 Å². The van der Waals surface area contributed by atoms with Crippen LogP contribution in [0.25, 0.3) is 22.2 Å². The molecule has 1 N–H and O–H groups in total. The Hall–Kier alpha value is -2.50. The summed E-state index contributed by atoms with van der Waals surface area (Å²) in [5.74, 6) is 0.834. The Morgan fingerprint density at radius 1 is 0.885 bits per heavy atom. The smallest absolute Gasteiger partial charge is 0.125 e. The summed E-state index contributed by atoms with van der Waals surface area (Å²) < 4.78 is 10.9.